The largest absolute Gasteiger partial charge is 0.450 e. The van der Waals surface area contributed by atoms with Crippen molar-refractivity contribution in [3.8, 4) is 5.82 Å². The van der Waals surface area contributed by atoms with Gasteiger partial charge in [-0.25, -0.2) is 14.5 Å². The Hall–Kier alpha value is -2.50. The van der Waals surface area contributed by atoms with Crippen molar-refractivity contribution < 1.29 is 17.9 Å². The quantitative estimate of drug-likeness (QED) is 0.758. The number of rotatable bonds is 6. The first-order chi connectivity index (χ1) is 13.0. The van der Waals surface area contributed by atoms with E-state index in [0.29, 0.717) is 25.5 Å². The van der Waals surface area contributed by atoms with E-state index in [9.17, 15) is 13.2 Å². The molecule has 0 bridgehead atoms. The molecule has 11 heteroatoms. The highest BCUT2D eigenvalue weighted by molar-refractivity contribution is 7.87. The number of nitrogens with zero attached hydrogens (tertiary/aromatic N) is 5. The number of aromatic nitrogens is 3. The van der Waals surface area contributed by atoms with E-state index < -0.39 is 16.3 Å². The first kappa shape index (κ1) is 19.3. The summed E-state index contributed by atoms with van der Waals surface area (Å²) in [6.45, 7) is 3.23. The molecule has 2 aromatic heterocycles. The monoisotopic (exact) mass is 394 g/mol. The second-order valence-corrected chi connectivity index (χ2v) is 7.64. The van der Waals surface area contributed by atoms with Gasteiger partial charge in [-0.15, -0.1) is 0 Å². The van der Waals surface area contributed by atoms with Crippen LogP contribution in [0.4, 0.5) is 4.79 Å². The van der Waals surface area contributed by atoms with Crippen LogP contribution in [0, 0.1) is 0 Å². The number of hydrogen-bond acceptors (Lipinski definition) is 6. The molecule has 1 N–H and O–H groups in total. The molecule has 2 aromatic rings. The van der Waals surface area contributed by atoms with Crippen LogP contribution in [0.15, 0.2) is 36.8 Å². The summed E-state index contributed by atoms with van der Waals surface area (Å²) in [5.74, 6) is 0.611. The molecular formula is C16H22N6O4S. The maximum absolute atomic E-state index is 12.5. The van der Waals surface area contributed by atoms with E-state index in [0.717, 1.165) is 5.56 Å². The fraction of sp³-hybridized carbons (Fsp3) is 0.438. The number of ether oxygens (including phenoxy) is 1. The highest BCUT2D eigenvalue weighted by atomic mass is 32.2. The fourth-order valence-corrected chi connectivity index (χ4v) is 3.87. The average Bonchev–Trinajstić information content (AvgIpc) is 3.22. The number of hydrogen-bond donors (Lipinski definition) is 1. The lowest BCUT2D eigenvalue weighted by Crippen LogP contribution is -2.53. The lowest BCUT2D eigenvalue weighted by Gasteiger charge is -2.33. The Kier molecular flexibility index (Phi) is 6.04. The van der Waals surface area contributed by atoms with Gasteiger partial charge < -0.3 is 9.64 Å². The van der Waals surface area contributed by atoms with Gasteiger partial charge in [0.25, 0.3) is 10.2 Å². The highest BCUT2D eigenvalue weighted by Gasteiger charge is 2.29. The topological polar surface area (TPSA) is 110 Å². The molecule has 27 heavy (non-hydrogen) atoms. The number of pyridine rings is 1. The summed E-state index contributed by atoms with van der Waals surface area (Å²) >= 11 is 0. The van der Waals surface area contributed by atoms with Crippen molar-refractivity contribution in [3.05, 3.63) is 42.4 Å². The standard InChI is InChI=1S/C16H22N6O4S/c1-2-26-16(23)20-8-10-21(11-9-20)27(24,25)19-13-14-4-6-17-15(12-14)22-7-3-5-18-22/h3-7,12,19H,2,8-11,13H2,1H3. The second-order valence-electron chi connectivity index (χ2n) is 5.88. The Balaban J connectivity index is 1.56. The van der Waals surface area contributed by atoms with Gasteiger partial charge in [0.15, 0.2) is 5.82 Å². The third-order valence-electron chi connectivity index (χ3n) is 4.11. The number of amides is 1. The van der Waals surface area contributed by atoms with Crippen LogP contribution in [-0.2, 0) is 21.5 Å². The highest BCUT2D eigenvalue weighted by Crippen LogP contribution is 2.10. The molecule has 1 aliphatic heterocycles. The number of piperazine rings is 1. The van der Waals surface area contributed by atoms with Crippen LogP contribution in [0.1, 0.15) is 12.5 Å². The summed E-state index contributed by atoms with van der Waals surface area (Å²) in [5.41, 5.74) is 0.768. The summed E-state index contributed by atoms with van der Waals surface area (Å²) in [6.07, 6.45) is 4.61. The Bertz CT molecular complexity index is 863. The van der Waals surface area contributed by atoms with Crippen molar-refractivity contribution >= 4 is 16.3 Å². The van der Waals surface area contributed by atoms with Crippen LogP contribution in [0.2, 0.25) is 0 Å². The lowest BCUT2D eigenvalue weighted by molar-refractivity contribution is 0.0932. The van der Waals surface area contributed by atoms with Gasteiger partial charge in [0.05, 0.1) is 6.61 Å². The van der Waals surface area contributed by atoms with Crippen molar-refractivity contribution in [2.75, 3.05) is 32.8 Å². The molecule has 0 saturated carbocycles. The van der Waals surface area contributed by atoms with E-state index in [1.54, 1.807) is 48.4 Å². The van der Waals surface area contributed by atoms with Gasteiger partial charge in [0.1, 0.15) is 0 Å². The van der Waals surface area contributed by atoms with Crippen molar-refractivity contribution in [3.63, 3.8) is 0 Å². The van der Waals surface area contributed by atoms with E-state index in [2.05, 4.69) is 14.8 Å². The van der Waals surface area contributed by atoms with E-state index in [-0.39, 0.29) is 19.6 Å². The van der Waals surface area contributed by atoms with Crippen LogP contribution in [0.3, 0.4) is 0 Å². The molecule has 3 heterocycles. The van der Waals surface area contributed by atoms with Crippen LogP contribution >= 0.6 is 0 Å². The first-order valence-electron chi connectivity index (χ1n) is 8.61. The lowest BCUT2D eigenvalue weighted by atomic mass is 10.2. The minimum absolute atomic E-state index is 0.136. The maximum atomic E-state index is 12.5. The van der Waals surface area contributed by atoms with Crippen LogP contribution < -0.4 is 4.72 Å². The second kappa shape index (κ2) is 8.46. The maximum Gasteiger partial charge on any atom is 0.409 e. The van der Waals surface area contributed by atoms with Crippen molar-refractivity contribution in [1.29, 1.82) is 0 Å². The normalized spacial score (nSPS) is 15.7. The Morgan fingerprint density at radius 2 is 2.04 bits per heavy atom. The SMILES string of the molecule is CCOC(=O)N1CCN(S(=O)(=O)NCc2ccnc(-n3cccn3)c2)CC1. The van der Waals surface area contributed by atoms with Gasteiger partial charge in [-0.2, -0.15) is 22.5 Å². The molecule has 0 spiro atoms. The molecule has 0 unspecified atom stereocenters. The van der Waals surface area contributed by atoms with E-state index in [4.69, 9.17) is 4.74 Å². The molecule has 1 aliphatic rings. The van der Waals surface area contributed by atoms with E-state index in [1.165, 1.54) is 9.21 Å². The van der Waals surface area contributed by atoms with Crippen LogP contribution in [0.5, 0.6) is 0 Å². The molecular weight excluding hydrogens is 372 g/mol. The molecule has 146 valence electrons. The summed E-state index contributed by atoms with van der Waals surface area (Å²) in [4.78, 5) is 17.4. The smallest absolute Gasteiger partial charge is 0.409 e. The third kappa shape index (κ3) is 4.81. The number of nitrogens with one attached hydrogen (secondary N) is 1. The minimum atomic E-state index is -3.65. The average molecular weight is 394 g/mol. The first-order valence-corrected chi connectivity index (χ1v) is 10.0. The zero-order valence-electron chi connectivity index (χ0n) is 15.0. The molecule has 1 fully saturated rings. The molecule has 0 radical (unpaired) electrons. The van der Waals surface area contributed by atoms with Gasteiger partial charge in [0, 0.05) is 51.3 Å². The van der Waals surface area contributed by atoms with Crippen LogP contribution in [0.25, 0.3) is 5.82 Å². The summed E-state index contributed by atoms with van der Waals surface area (Å²) in [6, 6.07) is 5.30. The Labute approximate surface area is 157 Å². The number of carbonyl (C=O) groups excluding carboxylic acids is 1. The number of carbonyl (C=O) groups is 1. The van der Waals surface area contributed by atoms with Gasteiger partial charge >= 0.3 is 6.09 Å². The predicted molar refractivity (Wildman–Crippen MR) is 97.3 cm³/mol. The van der Waals surface area contributed by atoms with Gasteiger partial charge in [0.2, 0.25) is 0 Å². The van der Waals surface area contributed by atoms with Crippen molar-refractivity contribution in [1.82, 2.24) is 28.7 Å². The molecule has 0 aliphatic carbocycles. The third-order valence-corrected chi connectivity index (χ3v) is 5.67. The Morgan fingerprint density at radius 3 is 2.70 bits per heavy atom. The van der Waals surface area contributed by atoms with E-state index in [1.807, 2.05) is 0 Å². The molecule has 1 saturated heterocycles. The van der Waals surface area contributed by atoms with Crippen molar-refractivity contribution in [2.24, 2.45) is 0 Å². The molecule has 0 atom stereocenters. The molecule has 3 rings (SSSR count). The molecule has 0 aromatic carbocycles. The zero-order chi connectivity index (χ0) is 19.3. The van der Waals surface area contributed by atoms with Gasteiger partial charge in [-0.3, -0.25) is 0 Å². The summed E-state index contributed by atoms with van der Waals surface area (Å²) < 4.78 is 35.5. The zero-order valence-corrected chi connectivity index (χ0v) is 15.8. The summed E-state index contributed by atoms with van der Waals surface area (Å²) in [7, 11) is -3.65. The summed E-state index contributed by atoms with van der Waals surface area (Å²) in [5, 5.41) is 4.11. The molecule has 10 nitrogen and oxygen atoms in total. The van der Waals surface area contributed by atoms with E-state index >= 15 is 0 Å². The van der Waals surface area contributed by atoms with Crippen LogP contribution in [-0.4, -0.2) is 71.3 Å². The molecule has 1 amide bonds. The Morgan fingerprint density at radius 1 is 1.26 bits per heavy atom. The van der Waals surface area contributed by atoms with Gasteiger partial charge in [-0.05, 0) is 30.7 Å². The minimum Gasteiger partial charge on any atom is -0.450 e. The van der Waals surface area contributed by atoms with Gasteiger partial charge in [-0.1, -0.05) is 0 Å². The van der Waals surface area contributed by atoms with Crippen molar-refractivity contribution in [2.45, 2.75) is 13.5 Å². The fourth-order valence-electron chi connectivity index (χ4n) is 2.69. The predicted octanol–water partition coefficient (Wildman–Crippen LogP) is 0.376.